The predicted molar refractivity (Wildman–Crippen MR) is 70.2 cm³/mol. The van der Waals surface area contributed by atoms with Crippen molar-refractivity contribution >= 4 is 11.5 Å². The van der Waals surface area contributed by atoms with Crippen LogP contribution in [-0.2, 0) is 0 Å². The van der Waals surface area contributed by atoms with E-state index in [-0.39, 0.29) is 5.69 Å². The van der Waals surface area contributed by atoms with Gasteiger partial charge in [-0.2, -0.15) is 9.61 Å². The Labute approximate surface area is 109 Å². The van der Waals surface area contributed by atoms with Gasteiger partial charge in [0, 0.05) is 18.1 Å². The Morgan fingerprint density at radius 2 is 2.05 bits per heavy atom. The Balaban J connectivity index is 1.57. The molecule has 7 heteroatoms. The molecule has 100 valence electrons. The summed E-state index contributed by atoms with van der Waals surface area (Å²) in [5.41, 5.74) is 0.241. The smallest absolute Gasteiger partial charge is 0.364 e. The lowest BCUT2D eigenvalue weighted by Gasteiger charge is -2.29. The molecule has 0 aromatic carbocycles. The van der Waals surface area contributed by atoms with Gasteiger partial charge in [-0.25, -0.2) is 9.89 Å². The molecule has 2 unspecified atom stereocenters. The molecule has 0 aliphatic carbocycles. The third-order valence-electron chi connectivity index (χ3n) is 4.10. The van der Waals surface area contributed by atoms with Gasteiger partial charge in [0.1, 0.15) is 5.82 Å². The molecular formula is C12H16N6O. The highest BCUT2D eigenvalue weighted by Gasteiger charge is 2.33. The normalized spacial score (nSPS) is 29.8. The SMILES string of the molecule is O=c1[nH]nc2ccc(NC3CC4CCC(C3)N4)nn12. The molecular weight excluding hydrogens is 244 g/mol. The van der Waals surface area contributed by atoms with Crippen molar-refractivity contribution in [3.63, 3.8) is 0 Å². The lowest BCUT2D eigenvalue weighted by Crippen LogP contribution is -2.43. The molecule has 2 atom stereocenters. The molecule has 4 heterocycles. The summed E-state index contributed by atoms with van der Waals surface area (Å²) < 4.78 is 1.29. The van der Waals surface area contributed by atoms with Gasteiger partial charge in [0.25, 0.3) is 0 Å². The third kappa shape index (κ3) is 1.90. The highest BCUT2D eigenvalue weighted by atomic mass is 16.2. The van der Waals surface area contributed by atoms with Crippen LogP contribution in [0.15, 0.2) is 16.9 Å². The van der Waals surface area contributed by atoms with E-state index < -0.39 is 0 Å². The maximum absolute atomic E-state index is 11.5. The van der Waals surface area contributed by atoms with Crippen molar-refractivity contribution in [1.29, 1.82) is 0 Å². The molecule has 2 aromatic heterocycles. The summed E-state index contributed by atoms with van der Waals surface area (Å²) in [6.45, 7) is 0. The first kappa shape index (κ1) is 11.0. The van der Waals surface area contributed by atoms with E-state index in [0.29, 0.717) is 23.8 Å². The summed E-state index contributed by atoms with van der Waals surface area (Å²) in [6.07, 6.45) is 4.79. The van der Waals surface area contributed by atoms with Gasteiger partial charge in [0.05, 0.1) is 0 Å². The first-order valence-corrected chi connectivity index (χ1v) is 6.75. The molecule has 2 aliphatic rings. The average Bonchev–Trinajstić information content (AvgIpc) is 2.94. The Morgan fingerprint density at radius 1 is 1.26 bits per heavy atom. The first-order chi connectivity index (χ1) is 9.28. The molecule has 2 fully saturated rings. The molecule has 2 aromatic rings. The number of piperidine rings is 1. The van der Waals surface area contributed by atoms with E-state index in [9.17, 15) is 4.79 Å². The van der Waals surface area contributed by atoms with E-state index in [2.05, 4.69) is 25.9 Å². The number of hydrogen-bond donors (Lipinski definition) is 3. The molecule has 3 N–H and O–H groups in total. The Kier molecular flexibility index (Phi) is 2.34. The molecule has 2 bridgehead atoms. The third-order valence-corrected chi connectivity index (χ3v) is 4.10. The topological polar surface area (TPSA) is 87.1 Å². The molecule has 7 nitrogen and oxygen atoms in total. The summed E-state index contributed by atoms with van der Waals surface area (Å²) in [5.74, 6) is 0.738. The lowest BCUT2D eigenvalue weighted by molar-refractivity contribution is 0.377. The van der Waals surface area contributed by atoms with Gasteiger partial charge in [-0.05, 0) is 37.8 Å². The van der Waals surface area contributed by atoms with E-state index in [1.165, 1.54) is 17.4 Å². The highest BCUT2D eigenvalue weighted by molar-refractivity contribution is 5.43. The minimum absolute atomic E-state index is 0.302. The summed E-state index contributed by atoms with van der Waals surface area (Å²) in [5, 5.41) is 17.6. The second kappa shape index (κ2) is 4.06. The fourth-order valence-electron chi connectivity index (χ4n) is 3.26. The van der Waals surface area contributed by atoms with Crippen LogP contribution in [0.2, 0.25) is 0 Å². The number of rotatable bonds is 2. The number of fused-ring (bicyclic) bond motifs is 3. The van der Waals surface area contributed by atoms with Gasteiger partial charge < -0.3 is 10.6 Å². The number of aromatic nitrogens is 4. The van der Waals surface area contributed by atoms with E-state index >= 15 is 0 Å². The average molecular weight is 260 g/mol. The number of H-pyrrole nitrogens is 1. The van der Waals surface area contributed by atoms with E-state index in [4.69, 9.17) is 0 Å². The van der Waals surface area contributed by atoms with Gasteiger partial charge in [-0.15, -0.1) is 5.10 Å². The van der Waals surface area contributed by atoms with Crippen LogP contribution in [0.25, 0.3) is 5.65 Å². The van der Waals surface area contributed by atoms with E-state index in [1.807, 2.05) is 6.07 Å². The van der Waals surface area contributed by atoms with Crippen molar-refractivity contribution in [2.45, 2.75) is 43.8 Å². The molecule has 2 aliphatic heterocycles. The summed E-state index contributed by atoms with van der Waals surface area (Å²) in [4.78, 5) is 11.5. The number of aromatic amines is 1. The fraction of sp³-hybridized carbons (Fsp3) is 0.583. The summed E-state index contributed by atoms with van der Waals surface area (Å²) in [6, 6.07) is 5.38. The van der Waals surface area contributed by atoms with Crippen molar-refractivity contribution < 1.29 is 0 Å². The lowest BCUT2D eigenvalue weighted by atomic mass is 10.00. The molecule has 2 saturated heterocycles. The largest absolute Gasteiger partial charge is 0.366 e. The van der Waals surface area contributed by atoms with Crippen molar-refractivity contribution in [2.24, 2.45) is 0 Å². The first-order valence-electron chi connectivity index (χ1n) is 6.75. The zero-order valence-electron chi connectivity index (χ0n) is 10.5. The Morgan fingerprint density at radius 3 is 2.84 bits per heavy atom. The number of hydrogen-bond acceptors (Lipinski definition) is 5. The molecule has 19 heavy (non-hydrogen) atoms. The van der Waals surface area contributed by atoms with Gasteiger partial charge in [0.2, 0.25) is 0 Å². The predicted octanol–water partition coefficient (Wildman–Crippen LogP) is 0.112. The summed E-state index contributed by atoms with van der Waals surface area (Å²) >= 11 is 0. The summed E-state index contributed by atoms with van der Waals surface area (Å²) in [7, 11) is 0. The Bertz CT molecular complexity index is 650. The van der Waals surface area contributed by atoms with E-state index in [1.54, 1.807) is 6.07 Å². The van der Waals surface area contributed by atoms with Crippen LogP contribution in [0.5, 0.6) is 0 Å². The molecule has 0 saturated carbocycles. The maximum Gasteiger partial charge on any atom is 0.364 e. The van der Waals surface area contributed by atoms with Crippen LogP contribution >= 0.6 is 0 Å². The van der Waals surface area contributed by atoms with Crippen molar-refractivity contribution in [3.05, 3.63) is 22.6 Å². The van der Waals surface area contributed by atoms with Gasteiger partial charge in [-0.1, -0.05) is 0 Å². The quantitative estimate of drug-likeness (QED) is 0.713. The number of nitrogens with zero attached hydrogens (tertiary/aromatic N) is 3. The van der Waals surface area contributed by atoms with Gasteiger partial charge >= 0.3 is 5.69 Å². The monoisotopic (exact) mass is 260 g/mol. The Hall–Kier alpha value is -1.89. The van der Waals surface area contributed by atoms with Crippen LogP contribution in [-0.4, -0.2) is 37.9 Å². The van der Waals surface area contributed by atoms with Crippen LogP contribution < -0.4 is 16.3 Å². The van der Waals surface area contributed by atoms with Crippen LogP contribution in [0.4, 0.5) is 5.82 Å². The van der Waals surface area contributed by atoms with Crippen LogP contribution in [0.1, 0.15) is 25.7 Å². The van der Waals surface area contributed by atoms with Crippen LogP contribution in [0.3, 0.4) is 0 Å². The minimum atomic E-state index is -0.302. The minimum Gasteiger partial charge on any atom is -0.366 e. The molecule has 0 spiro atoms. The zero-order chi connectivity index (χ0) is 12.8. The highest BCUT2D eigenvalue weighted by Crippen LogP contribution is 2.28. The fourth-order valence-corrected chi connectivity index (χ4v) is 3.26. The van der Waals surface area contributed by atoms with Crippen molar-refractivity contribution in [1.82, 2.24) is 25.1 Å². The number of nitrogens with one attached hydrogen (secondary N) is 3. The van der Waals surface area contributed by atoms with Crippen molar-refractivity contribution in [2.75, 3.05) is 5.32 Å². The zero-order valence-corrected chi connectivity index (χ0v) is 10.5. The standard InChI is InChI=1S/C12H16N6O/c19-12-16-15-11-4-3-10(17-18(11)12)14-9-5-7-1-2-8(6-9)13-7/h3-4,7-9,13H,1-2,5-6H2,(H,14,17)(H,16,19). The molecule has 0 radical (unpaired) electrons. The molecule has 4 rings (SSSR count). The van der Waals surface area contributed by atoms with Crippen molar-refractivity contribution in [3.8, 4) is 0 Å². The number of anilines is 1. The molecule has 0 amide bonds. The second-order valence-corrected chi connectivity index (χ2v) is 5.47. The maximum atomic E-state index is 11.5. The second-order valence-electron chi connectivity index (χ2n) is 5.47. The van der Waals surface area contributed by atoms with Crippen LogP contribution in [0, 0.1) is 0 Å². The van der Waals surface area contributed by atoms with Gasteiger partial charge in [-0.3, -0.25) is 0 Å². The van der Waals surface area contributed by atoms with Gasteiger partial charge in [0.15, 0.2) is 5.65 Å². The van der Waals surface area contributed by atoms with E-state index in [0.717, 1.165) is 18.7 Å².